The van der Waals surface area contributed by atoms with E-state index in [1.807, 2.05) is 6.92 Å². The topological polar surface area (TPSA) is 86.8 Å². The first-order chi connectivity index (χ1) is 17.9. The Morgan fingerprint density at radius 1 is 1.03 bits per heavy atom. The zero-order valence-corrected chi connectivity index (χ0v) is 23.3. The molecular formula is C28H31ClFN3O4S. The fourth-order valence-electron chi connectivity index (χ4n) is 3.82. The number of hydrogen-bond acceptors (Lipinski definition) is 4. The number of hydrogen-bond donors (Lipinski definition) is 1. The summed E-state index contributed by atoms with van der Waals surface area (Å²) in [5, 5.41) is 3.00. The summed E-state index contributed by atoms with van der Waals surface area (Å²) in [6, 6.07) is 15.9. The highest BCUT2D eigenvalue weighted by Crippen LogP contribution is 2.29. The molecule has 0 heterocycles. The van der Waals surface area contributed by atoms with E-state index in [0.717, 1.165) is 15.4 Å². The molecule has 1 atom stereocenters. The van der Waals surface area contributed by atoms with Gasteiger partial charge in [0.25, 0.3) is 10.0 Å². The smallest absolute Gasteiger partial charge is 0.264 e. The standard InChI is InChI=1S/C28H31ClFN3O4S/c1-5-31-28(35)21(4)32(17-22-8-6-7-9-26(22)30)27(34)18-33(23-13-12-20(3)25(29)16-23)38(36,37)24-14-10-19(2)11-15-24/h6-16,21H,5,17-18H2,1-4H3,(H,31,35). The molecular weight excluding hydrogens is 529 g/mol. The molecule has 1 N–H and O–H groups in total. The maximum Gasteiger partial charge on any atom is 0.264 e. The lowest BCUT2D eigenvalue weighted by atomic mass is 10.1. The zero-order chi connectivity index (χ0) is 28.0. The van der Waals surface area contributed by atoms with Gasteiger partial charge in [0.1, 0.15) is 18.4 Å². The van der Waals surface area contributed by atoms with Crippen LogP contribution in [-0.4, -0.2) is 44.3 Å². The molecule has 3 aromatic rings. The van der Waals surface area contributed by atoms with Crippen LogP contribution in [0.5, 0.6) is 0 Å². The average Bonchev–Trinajstić information content (AvgIpc) is 2.88. The summed E-state index contributed by atoms with van der Waals surface area (Å²) in [5.41, 5.74) is 1.99. The molecule has 1 unspecified atom stereocenters. The molecule has 10 heteroatoms. The van der Waals surface area contributed by atoms with Gasteiger partial charge in [-0.15, -0.1) is 0 Å². The first kappa shape index (κ1) is 29.1. The number of nitrogens with one attached hydrogen (secondary N) is 1. The normalized spacial score (nSPS) is 12.1. The Balaban J connectivity index is 2.07. The molecule has 0 aromatic heterocycles. The maximum absolute atomic E-state index is 14.5. The number of likely N-dealkylation sites (N-methyl/N-ethyl adjacent to an activating group) is 1. The first-order valence-corrected chi connectivity index (χ1v) is 13.9. The summed E-state index contributed by atoms with van der Waals surface area (Å²) in [6.45, 7) is 6.35. The first-order valence-electron chi connectivity index (χ1n) is 12.1. The lowest BCUT2D eigenvalue weighted by molar-refractivity contribution is -0.139. The summed E-state index contributed by atoms with van der Waals surface area (Å²) in [7, 11) is -4.21. The van der Waals surface area contributed by atoms with Gasteiger partial charge in [-0.2, -0.15) is 0 Å². The molecule has 0 fully saturated rings. The van der Waals surface area contributed by atoms with Gasteiger partial charge in [-0.25, -0.2) is 12.8 Å². The fraction of sp³-hybridized carbons (Fsp3) is 0.286. The highest BCUT2D eigenvalue weighted by molar-refractivity contribution is 7.92. The number of carbonyl (C=O) groups excluding carboxylic acids is 2. The number of amides is 2. The summed E-state index contributed by atoms with van der Waals surface area (Å²) in [4.78, 5) is 27.6. The molecule has 0 radical (unpaired) electrons. The van der Waals surface area contributed by atoms with Crippen molar-refractivity contribution in [2.24, 2.45) is 0 Å². The number of sulfonamides is 1. The quantitative estimate of drug-likeness (QED) is 0.385. The van der Waals surface area contributed by atoms with E-state index in [2.05, 4.69) is 5.32 Å². The molecule has 38 heavy (non-hydrogen) atoms. The number of nitrogens with zero attached hydrogens (tertiary/aromatic N) is 2. The molecule has 0 saturated carbocycles. The van der Waals surface area contributed by atoms with Crippen molar-refractivity contribution in [3.63, 3.8) is 0 Å². The second-order valence-corrected chi connectivity index (χ2v) is 11.2. The molecule has 3 aromatic carbocycles. The van der Waals surface area contributed by atoms with Crippen LogP contribution in [0.25, 0.3) is 0 Å². The maximum atomic E-state index is 14.5. The summed E-state index contributed by atoms with van der Waals surface area (Å²) < 4.78 is 43.1. The van der Waals surface area contributed by atoms with Gasteiger partial charge in [-0.3, -0.25) is 13.9 Å². The number of rotatable bonds is 10. The molecule has 7 nitrogen and oxygen atoms in total. The minimum absolute atomic E-state index is 0.00924. The van der Waals surface area contributed by atoms with E-state index in [4.69, 9.17) is 11.6 Å². The van der Waals surface area contributed by atoms with Crippen molar-refractivity contribution in [3.05, 3.63) is 94.3 Å². The molecule has 0 aliphatic rings. The van der Waals surface area contributed by atoms with Crippen molar-refractivity contribution < 1.29 is 22.4 Å². The Morgan fingerprint density at radius 3 is 2.29 bits per heavy atom. The molecule has 3 rings (SSSR count). The van der Waals surface area contributed by atoms with Crippen LogP contribution in [-0.2, 0) is 26.2 Å². The van der Waals surface area contributed by atoms with E-state index in [1.165, 1.54) is 48.2 Å². The number of aryl methyl sites for hydroxylation is 2. The minimum atomic E-state index is -4.21. The van der Waals surface area contributed by atoms with Gasteiger partial charge in [0.05, 0.1) is 10.6 Å². The van der Waals surface area contributed by atoms with Crippen LogP contribution in [0.3, 0.4) is 0 Å². The predicted octanol–water partition coefficient (Wildman–Crippen LogP) is 4.84. The molecule has 0 aliphatic carbocycles. The molecule has 2 amide bonds. The van der Waals surface area contributed by atoms with Crippen LogP contribution in [0, 0.1) is 19.7 Å². The monoisotopic (exact) mass is 559 g/mol. The van der Waals surface area contributed by atoms with Crippen molar-refractivity contribution in [2.45, 2.75) is 45.2 Å². The third-order valence-electron chi connectivity index (χ3n) is 6.15. The van der Waals surface area contributed by atoms with Gasteiger partial charge in [0, 0.05) is 23.7 Å². The molecule has 0 aliphatic heterocycles. The zero-order valence-electron chi connectivity index (χ0n) is 21.7. The van der Waals surface area contributed by atoms with Gasteiger partial charge < -0.3 is 10.2 Å². The van der Waals surface area contributed by atoms with E-state index in [9.17, 15) is 22.4 Å². The Morgan fingerprint density at radius 2 is 1.68 bits per heavy atom. The number of anilines is 1. The van der Waals surface area contributed by atoms with Crippen LogP contribution in [0.4, 0.5) is 10.1 Å². The van der Waals surface area contributed by atoms with E-state index in [-0.39, 0.29) is 22.7 Å². The largest absolute Gasteiger partial charge is 0.355 e. The minimum Gasteiger partial charge on any atom is -0.355 e. The summed E-state index contributed by atoms with van der Waals surface area (Å²) in [6.07, 6.45) is 0. The summed E-state index contributed by atoms with van der Waals surface area (Å²) >= 11 is 6.31. The van der Waals surface area contributed by atoms with Crippen LogP contribution in [0.1, 0.15) is 30.5 Å². The fourth-order valence-corrected chi connectivity index (χ4v) is 5.40. The number of benzene rings is 3. The van der Waals surface area contributed by atoms with E-state index in [1.54, 1.807) is 44.2 Å². The second-order valence-electron chi connectivity index (χ2n) is 8.94. The third-order valence-corrected chi connectivity index (χ3v) is 8.34. The Hall–Kier alpha value is -3.43. The van der Waals surface area contributed by atoms with E-state index < -0.39 is 40.2 Å². The van der Waals surface area contributed by atoms with Gasteiger partial charge in [0.15, 0.2) is 0 Å². The van der Waals surface area contributed by atoms with Crippen LogP contribution in [0.15, 0.2) is 71.6 Å². The molecule has 0 bridgehead atoms. The SMILES string of the molecule is CCNC(=O)C(C)N(Cc1ccccc1F)C(=O)CN(c1ccc(C)c(Cl)c1)S(=O)(=O)c1ccc(C)cc1. The van der Waals surface area contributed by atoms with Crippen molar-refractivity contribution >= 4 is 39.1 Å². The Kier molecular flexibility index (Phi) is 9.51. The predicted molar refractivity (Wildman–Crippen MR) is 147 cm³/mol. The average molecular weight is 560 g/mol. The molecule has 0 spiro atoms. The van der Waals surface area contributed by atoms with Crippen molar-refractivity contribution in [2.75, 3.05) is 17.4 Å². The van der Waals surface area contributed by atoms with Crippen molar-refractivity contribution in [1.29, 1.82) is 0 Å². The highest BCUT2D eigenvalue weighted by Gasteiger charge is 2.33. The second kappa shape index (κ2) is 12.4. The molecule has 0 saturated heterocycles. The van der Waals surface area contributed by atoms with Crippen LogP contribution >= 0.6 is 11.6 Å². The Labute approximate surface area is 228 Å². The van der Waals surface area contributed by atoms with E-state index >= 15 is 0 Å². The van der Waals surface area contributed by atoms with Gasteiger partial charge in [-0.05, 0) is 63.6 Å². The van der Waals surface area contributed by atoms with E-state index in [0.29, 0.717) is 11.6 Å². The van der Waals surface area contributed by atoms with Crippen molar-refractivity contribution in [1.82, 2.24) is 10.2 Å². The third kappa shape index (κ3) is 6.71. The van der Waals surface area contributed by atoms with Crippen LogP contribution < -0.4 is 9.62 Å². The lowest BCUT2D eigenvalue weighted by Gasteiger charge is -2.32. The van der Waals surface area contributed by atoms with Crippen LogP contribution in [0.2, 0.25) is 5.02 Å². The van der Waals surface area contributed by atoms with Crippen molar-refractivity contribution in [3.8, 4) is 0 Å². The summed E-state index contributed by atoms with van der Waals surface area (Å²) in [5.74, 6) is -1.66. The Bertz CT molecular complexity index is 1410. The molecule has 202 valence electrons. The van der Waals surface area contributed by atoms with Gasteiger partial charge in [0.2, 0.25) is 11.8 Å². The lowest BCUT2D eigenvalue weighted by Crippen LogP contribution is -2.51. The number of halogens is 2. The van der Waals surface area contributed by atoms with Gasteiger partial charge >= 0.3 is 0 Å². The number of carbonyl (C=O) groups is 2. The highest BCUT2D eigenvalue weighted by atomic mass is 35.5. The van der Waals surface area contributed by atoms with Gasteiger partial charge in [-0.1, -0.05) is 53.6 Å².